The smallest absolute Gasteiger partial charge is 0.142 e. The average molecular weight is 284 g/mol. The van der Waals surface area contributed by atoms with E-state index in [-0.39, 0.29) is 6.04 Å². The molecule has 0 amide bonds. The summed E-state index contributed by atoms with van der Waals surface area (Å²) in [4.78, 5) is 2.22. The van der Waals surface area contributed by atoms with Gasteiger partial charge < -0.3 is 4.90 Å². The number of hydrogen-bond donors (Lipinski definition) is 0. The van der Waals surface area contributed by atoms with Crippen LogP contribution < -0.4 is 4.90 Å². The lowest BCUT2D eigenvalue weighted by Crippen LogP contribution is -2.34. The molecule has 0 saturated heterocycles. The van der Waals surface area contributed by atoms with Crippen molar-refractivity contribution >= 4 is 16.5 Å². The number of nitrogens with zero attached hydrogens (tertiary/aromatic N) is 2. The first-order valence-corrected chi connectivity index (χ1v) is 7.60. The summed E-state index contributed by atoms with van der Waals surface area (Å²) < 4.78 is 0. The van der Waals surface area contributed by atoms with Crippen LogP contribution in [0.3, 0.4) is 0 Å². The molecule has 1 aliphatic rings. The van der Waals surface area contributed by atoms with Crippen molar-refractivity contribution in [2.45, 2.75) is 12.5 Å². The van der Waals surface area contributed by atoms with Gasteiger partial charge in [0.05, 0.1) is 6.07 Å². The van der Waals surface area contributed by atoms with Gasteiger partial charge in [-0.2, -0.15) is 5.26 Å². The van der Waals surface area contributed by atoms with E-state index in [9.17, 15) is 5.26 Å². The van der Waals surface area contributed by atoms with Gasteiger partial charge in [-0.05, 0) is 40.5 Å². The Morgan fingerprint density at radius 1 is 0.909 bits per heavy atom. The molecular weight excluding hydrogens is 268 g/mol. The summed E-state index contributed by atoms with van der Waals surface area (Å²) in [6.45, 7) is 0.883. The van der Waals surface area contributed by atoms with Gasteiger partial charge in [0.2, 0.25) is 0 Å². The minimum atomic E-state index is -0.203. The maximum Gasteiger partial charge on any atom is 0.142 e. The minimum Gasteiger partial charge on any atom is -0.352 e. The maximum absolute atomic E-state index is 9.69. The van der Waals surface area contributed by atoms with E-state index in [2.05, 4.69) is 71.6 Å². The number of fused-ring (bicyclic) bond motifs is 2. The summed E-state index contributed by atoms with van der Waals surface area (Å²) in [6.07, 6.45) is 0.987. The summed E-state index contributed by atoms with van der Waals surface area (Å²) in [5, 5.41) is 12.1. The van der Waals surface area contributed by atoms with Gasteiger partial charge in [0, 0.05) is 12.2 Å². The van der Waals surface area contributed by atoms with Crippen molar-refractivity contribution in [2.75, 3.05) is 11.4 Å². The van der Waals surface area contributed by atoms with Crippen molar-refractivity contribution in [1.29, 1.82) is 5.26 Å². The highest BCUT2D eigenvalue weighted by Gasteiger charge is 2.27. The lowest BCUT2D eigenvalue weighted by molar-refractivity contribution is 0.677. The highest BCUT2D eigenvalue weighted by molar-refractivity contribution is 5.86. The number of hydrogen-bond acceptors (Lipinski definition) is 2. The molecular formula is C20H16N2. The number of anilines is 1. The molecule has 0 radical (unpaired) electrons. The third-order valence-electron chi connectivity index (χ3n) is 4.47. The molecule has 1 unspecified atom stereocenters. The van der Waals surface area contributed by atoms with Gasteiger partial charge in [-0.1, -0.05) is 54.6 Å². The highest BCUT2D eigenvalue weighted by atomic mass is 15.2. The van der Waals surface area contributed by atoms with Gasteiger partial charge in [0.25, 0.3) is 0 Å². The quantitative estimate of drug-likeness (QED) is 0.659. The lowest BCUT2D eigenvalue weighted by atomic mass is 9.92. The van der Waals surface area contributed by atoms with Gasteiger partial charge in [-0.15, -0.1) is 0 Å². The zero-order valence-electron chi connectivity index (χ0n) is 12.2. The predicted octanol–water partition coefficient (Wildman–Crippen LogP) is 4.47. The molecule has 106 valence electrons. The predicted molar refractivity (Wildman–Crippen MR) is 89.8 cm³/mol. The fraction of sp³-hybridized carbons (Fsp3) is 0.150. The van der Waals surface area contributed by atoms with E-state index in [0.29, 0.717) is 0 Å². The Labute approximate surface area is 130 Å². The van der Waals surface area contributed by atoms with Crippen molar-refractivity contribution in [3.63, 3.8) is 0 Å². The van der Waals surface area contributed by atoms with Crippen LogP contribution in [0, 0.1) is 11.3 Å². The van der Waals surface area contributed by atoms with Crippen LogP contribution in [0.4, 0.5) is 5.69 Å². The molecule has 2 nitrogen and oxygen atoms in total. The largest absolute Gasteiger partial charge is 0.352 e. The number of rotatable bonds is 1. The van der Waals surface area contributed by atoms with Crippen LogP contribution in [0.15, 0.2) is 66.7 Å². The molecule has 3 aromatic rings. The molecule has 0 N–H and O–H groups in total. The first kappa shape index (κ1) is 12.9. The molecule has 1 aliphatic heterocycles. The molecule has 22 heavy (non-hydrogen) atoms. The van der Waals surface area contributed by atoms with Crippen molar-refractivity contribution < 1.29 is 0 Å². The minimum absolute atomic E-state index is 0.203. The first-order chi connectivity index (χ1) is 10.9. The lowest BCUT2D eigenvalue weighted by Gasteiger charge is -2.35. The van der Waals surface area contributed by atoms with Gasteiger partial charge in [-0.25, -0.2) is 0 Å². The Hall–Kier alpha value is -2.79. The second-order valence-electron chi connectivity index (χ2n) is 5.71. The summed E-state index contributed by atoms with van der Waals surface area (Å²) in [5.74, 6) is 0. The Kier molecular flexibility index (Phi) is 3.05. The zero-order chi connectivity index (χ0) is 14.9. The Morgan fingerprint density at radius 3 is 2.55 bits per heavy atom. The van der Waals surface area contributed by atoms with Crippen LogP contribution in [0.2, 0.25) is 0 Å². The van der Waals surface area contributed by atoms with E-state index in [0.717, 1.165) is 24.2 Å². The zero-order valence-corrected chi connectivity index (χ0v) is 12.2. The van der Waals surface area contributed by atoms with Crippen LogP contribution >= 0.6 is 0 Å². The third-order valence-corrected chi connectivity index (χ3v) is 4.47. The standard InChI is InChI=1S/C20H16N2/c21-14-20-19-8-4-3-6-16(19)11-12-22(20)18-10-9-15-5-1-2-7-17(15)13-18/h1-10,13,20H,11-12H2. The fourth-order valence-corrected chi connectivity index (χ4v) is 3.34. The fourth-order valence-electron chi connectivity index (χ4n) is 3.34. The summed E-state index contributed by atoms with van der Waals surface area (Å²) in [6, 6.07) is 25.4. The van der Waals surface area contributed by atoms with Crippen LogP contribution in [-0.4, -0.2) is 6.54 Å². The van der Waals surface area contributed by atoms with Crippen LogP contribution in [0.1, 0.15) is 17.2 Å². The van der Waals surface area contributed by atoms with E-state index in [1.807, 2.05) is 6.07 Å². The first-order valence-electron chi connectivity index (χ1n) is 7.60. The molecule has 0 spiro atoms. The van der Waals surface area contributed by atoms with Gasteiger partial charge in [-0.3, -0.25) is 0 Å². The normalized spacial score (nSPS) is 17.0. The molecule has 1 heterocycles. The van der Waals surface area contributed by atoms with Crippen molar-refractivity contribution in [1.82, 2.24) is 0 Å². The van der Waals surface area contributed by atoms with Crippen molar-refractivity contribution in [3.8, 4) is 6.07 Å². The van der Waals surface area contributed by atoms with Crippen molar-refractivity contribution in [2.24, 2.45) is 0 Å². The molecule has 0 aliphatic carbocycles. The number of benzene rings is 3. The molecule has 4 rings (SSSR count). The molecule has 1 atom stereocenters. The molecule has 0 aromatic heterocycles. The second kappa shape index (κ2) is 5.20. The van der Waals surface area contributed by atoms with Crippen LogP contribution in [-0.2, 0) is 6.42 Å². The van der Waals surface area contributed by atoms with Gasteiger partial charge in [0.15, 0.2) is 0 Å². The molecule has 2 heteroatoms. The molecule has 0 fully saturated rings. The molecule has 3 aromatic carbocycles. The topological polar surface area (TPSA) is 27.0 Å². The number of nitriles is 1. The van der Waals surface area contributed by atoms with E-state index in [4.69, 9.17) is 0 Å². The van der Waals surface area contributed by atoms with Crippen molar-refractivity contribution in [3.05, 3.63) is 77.9 Å². The Morgan fingerprint density at radius 2 is 1.68 bits per heavy atom. The van der Waals surface area contributed by atoms with Gasteiger partial charge >= 0.3 is 0 Å². The molecule has 0 bridgehead atoms. The van der Waals surface area contributed by atoms with E-state index >= 15 is 0 Å². The Bertz CT molecular complexity index is 876. The van der Waals surface area contributed by atoms with Crippen LogP contribution in [0.5, 0.6) is 0 Å². The highest BCUT2D eigenvalue weighted by Crippen LogP contribution is 2.34. The average Bonchev–Trinajstić information content (AvgIpc) is 2.60. The van der Waals surface area contributed by atoms with E-state index in [1.54, 1.807) is 0 Å². The third kappa shape index (κ3) is 2.03. The van der Waals surface area contributed by atoms with Crippen LogP contribution in [0.25, 0.3) is 10.8 Å². The Balaban J connectivity index is 1.80. The summed E-state index contributed by atoms with van der Waals surface area (Å²) >= 11 is 0. The van der Waals surface area contributed by atoms with E-state index in [1.165, 1.54) is 16.3 Å². The molecule has 0 saturated carbocycles. The van der Waals surface area contributed by atoms with E-state index < -0.39 is 0 Å². The summed E-state index contributed by atoms with van der Waals surface area (Å²) in [5.41, 5.74) is 3.57. The maximum atomic E-state index is 9.69. The monoisotopic (exact) mass is 284 g/mol. The summed E-state index contributed by atoms with van der Waals surface area (Å²) in [7, 11) is 0. The SMILES string of the molecule is N#CC1c2ccccc2CCN1c1ccc2ccccc2c1. The second-order valence-corrected chi connectivity index (χ2v) is 5.71. The van der Waals surface area contributed by atoms with Gasteiger partial charge in [0.1, 0.15) is 6.04 Å².